The van der Waals surface area contributed by atoms with Crippen LogP contribution in [0.4, 0.5) is 0 Å². The first-order valence-corrected chi connectivity index (χ1v) is 22.9. The summed E-state index contributed by atoms with van der Waals surface area (Å²) in [6.07, 6.45) is 35.5. The minimum atomic E-state index is -4.30. The van der Waals surface area contributed by atoms with Gasteiger partial charge in [-0.15, -0.1) is 0 Å². The minimum Gasteiger partial charge on any atom is -0.391 e. The molecule has 0 rings (SSSR count). The summed E-state index contributed by atoms with van der Waals surface area (Å²) in [6, 6.07) is -0.751. The van der Waals surface area contributed by atoms with Gasteiger partial charge in [-0.3, -0.25) is 13.8 Å². The third-order valence-corrected chi connectivity index (χ3v) is 10.8. The molecule has 0 fully saturated rings. The zero-order chi connectivity index (χ0) is 37.2. The van der Waals surface area contributed by atoms with Gasteiger partial charge in [0, 0.05) is 6.42 Å². The smallest absolute Gasteiger partial charge is 0.391 e. The van der Waals surface area contributed by atoms with Crippen molar-refractivity contribution in [1.29, 1.82) is 0 Å². The Kier molecular flexibility index (Phi) is 33.9. The normalized spacial score (nSPS) is 14.5. The number of amides is 1. The van der Waals surface area contributed by atoms with E-state index in [0.717, 1.165) is 38.5 Å². The van der Waals surface area contributed by atoms with E-state index in [9.17, 15) is 19.4 Å². The Morgan fingerprint density at radius 2 is 0.960 bits per heavy atom. The zero-order valence-electron chi connectivity index (χ0n) is 33.9. The van der Waals surface area contributed by atoms with E-state index < -0.39 is 20.0 Å². The van der Waals surface area contributed by atoms with Crippen LogP contribution in [0.25, 0.3) is 0 Å². The van der Waals surface area contributed by atoms with Crippen LogP contribution in [-0.4, -0.2) is 73.4 Å². The molecule has 3 unspecified atom stereocenters. The van der Waals surface area contributed by atoms with Gasteiger partial charge in [-0.25, -0.2) is 4.57 Å². The maximum Gasteiger partial charge on any atom is 0.472 e. The van der Waals surface area contributed by atoms with Crippen LogP contribution < -0.4 is 5.32 Å². The second-order valence-electron chi connectivity index (χ2n) is 16.1. The Bertz CT molecular complexity index is 794. The Morgan fingerprint density at radius 3 is 1.34 bits per heavy atom. The molecule has 0 radical (unpaired) electrons. The summed E-state index contributed by atoms with van der Waals surface area (Å²) in [5.74, 6) is -0.142. The SMILES string of the molecule is CCCCCCCCCCCCCCCCCCC(=O)NC(COP(=O)(O)OCC[N+](C)(C)C)C(O)CCCCCCCCCCCCCC. The molecular weight excluding hydrogens is 647 g/mol. The summed E-state index contributed by atoms with van der Waals surface area (Å²) in [7, 11) is 1.63. The van der Waals surface area contributed by atoms with Gasteiger partial charge in [0.05, 0.1) is 39.9 Å². The number of phosphoric acid groups is 1. The Hall–Kier alpha value is -0.500. The topological polar surface area (TPSA) is 105 Å². The van der Waals surface area contributed by atoms with Gasteiger partial charge in [-0.2, -0.15) is 0 Å². The predicted octanol–water partition coefficient (Wildman–Crippen LogP) is 11.4. The highest BCUT2D eigenvalue weighted by atomic mass is 31.2. The number of aliphatic hydroxyl groups is 1. The summed E-state index contributed by atoms with van der Waals surface area (Å²) < 4.78 is 23.6. The molecule has 0 aromatic carbocycles. The standard InChI is InChI=1S/C41H85N2O6P/c1-6-8-10-12-14-16-18-20-21-22-23-25-27-29-31-33-35-41(45)42-39(38-49-50(46,47)48-37-36-43(3,4)5)40(44)34-32-30-28-26-24-19-17-15-13-11-9-7-2/h39-40,44H,6-38H2,1-5H3,(H-,42,45,46,47)/p+1. The molecule has 0 heterocycles. The highest BCUT2D eigenvalue weighted by Crippen LogP contribution is 2.43. The molecule has 0 aromatic rings. The number of nitrogens with zero attached hydrogens (tertiary/aromatic N) is 1. The van der Waals surface area contributed by atoms with Gasteiger partial charge in [-0.1, -0.05) is 187 Å². The maximum absolute atomic E-state index is 12.8. The number of unbranched alkanes of at least 4 members (excludes halogenated alkanes) is 26. The summed E-state index contributed by atoms with van der Waals surface area (Å²) in [6.45, 7) is 4.89. The lowest BCUT2D eigenvalue weighted by atomic mass is 10.0. The Morgan fingerprint density at radius 1 is 0.600 bits per heavy atom. The van der Waals surface area contributed by atoms with Crippen LogP contribution in [0.15, 0.2) is 0 Å². The summed E-state index contributed by atoms with van der Waals surface area (Å²) >= 11 is 0. The van der Waals surface area contributed by atoms with Crippen LogP contribution >= 0.6 is 7.82 Å². The number of carbonyl (C=O) groups is 1. The highest BCUT2D eigenvalue weighted by Gasteiger charge is 2.28. The molecule has 1 amide bonds. The number of hydrogen-bond donors (Lipinski definition) is 3. The van der Waals surface area contributed by atoms with Gasteiger partial charge in [0.15, 0.2) is 0 Å². The van der Waals surface area contributed by atoms with Crippen molar-refractivity contribution in [1.82, 2.24) is 5.32 Å². The lowest BCUT2D eigenvalue weighted by Gasteiger charge is -2.26. The number of likely N-dealkylation sites (N-methyl/N-ethyl adjacent to an activating group) is 1. The number of rotatable bonds is 39. The van der Waals surface area contributed by atoms with Crippen LogP contribution in [-0.2, 0) is 18.4 Å². The van der Waals surface area contributed by atoms with Crippen molar-refractivity contribution in [3.63, 3.8) is 0 Å². The van der Waals surface area contributed by atoms with E-state index in [4.69, 9.17) is 9.05 Å². The van der Waals surface area contributed by atoms with Gasteiger partial charge < -0.3 is 19.8 Å². The second-order valence-corrected chi connectivity index (χ2v) is 17.5. The van der Waals surface area contributed by atoms with Crippen LogP contribution in [0.5, 0.6) is 0 Å². The third-order valence-electron chi connectivity index (χ3n) is 9.86. The molecular formula is C41H86N2O6P+. The Labute approximate surface area is 310 Å². The van der Waals surface area contributed by atoms with E-state index in [1.165, 1.54) is 141 Å². The highest BCUT2D eigenvalue weighted by molar-refractivity contribution is 7.47. The molecule has 300 valence electrons. The van der Waals surface area contributed by atoms with Crippen LogP contribution in [0, 0.1) is 0 Å². The zero-order valence-corrected chi connectivity index (χ0v) is 34.8. The second kappa shape index (κ2) is 34.3. The van der Waals surface area contributed by atoms with Crippen molar-refractivity contribution < 1.29 is 32.9 Å². The average molecular weight is 734 g/mol. The van der Waals surface area contributed by atoms with E-state index >= 15 is 0 Å². The first kappa shape index (κ1) is 49.5. The van der Waals surface area contributed by atoms with E-state index in [0.29, 0.717) is 23.9 Å². The van der Waals surface area contributed by atoms with E-state index in [1.807, 2.05) is 21.1 Å². The fraction of sp³-hybridized carbons (Fsp3) is 0.976. The van der Waals surface area contributed by atoms with Crippen molar-refractivity contribution in [2.45, 2.75) is 219 Å². The molecule has 0 saturated heterocycles. The molecule has 0 aromatic heterocycles. The number of aliphatic hydroxyl groups excluding tert-OH is 1. The fourth-order valence-corrected chi connectivity index (χ4v) is 7.13. The Balaban J connectivity index is 4.34. The average Bonchev–Trinajstić information content (AvgIpc) is 3.06. The van der Waals surface area contributed by atoms with E-state index in [-0.39, 0.29) is 19.1 Å². The summed E-state index contributed by atoms with van der Waals surface area (Å²) in [5, 5.41) is 13.9. The van der Waals surface area contributed by atoms with Crippen LogP contribution in [0.2, 0.25) is 0 Å². The van der Waals surface area contributed by atoms with Crippen LogP contribution in [0.1, 0.15) is 206 Å². The molecule has 3 N–H and O–H groups in total. The van der Waals surface area contributed by atoms with Crippen molar-refractivity contribution in [2.75, 3.05) is 40.9 Å². The van der Waals surface area contributed by atoms with Gasteiger partial charge in [0.25, 0.3) is 0 Å². The number of quaternary nitrogens is 1. The number of nitrogens with one attached hydrogen (secondary N) is 1. The summed E-state index contributed by atoms with van der Waals surface area (Å²) in [4.78, 5) is 23.1. The number of phosphoric ester groups is 1. The van der Waals surface area contributed by atoms with Gasteiger partial charge in [0.2, 0.25) is 5.91 Å². The van der Waals surface area contributed by atoms with Gasteiger partial charge in [-0.05, 0) is 12.8 Å². The number of hydrogen-bond acceptors (Lipinski definition) is 5. The van der Waals surface area contributed by atoms with Crippen molar-refractivity contribution in [3.05, 3.63) is 0 Å². The molecule has 0 saturated carbocycles. The van der Waals surface area contributed by atoms with Crippen molar-refractivity contribution in [2.24, 2.45) is 0 Å². The minimum absolute atomic E-state index is 0.0783. The monoisotopic (exact) mass is 734 g/mol. The molecule has 50 heavy (non-hydrogen) atoms. The summed E-state index contributed by atoms with van der Waals surface area (Å²) in [5.41, 5.74) is 0. The van der Waals surface area contributed by atoms with Gasteiger partial charge in [0.1, 0.15) is 13.2 Å². The first-order chi connectivity index (χ1) is 24.0. The molecule has 0 aliphatic carbocycles. The predicted molar refractivity (Wildman–Crippen MR) is 212 cm³/mol. The lowest BCUT2D eigenvalue weighted by Crippen LogP contribution is -2.46. The third kappa shape index (κ3) is 35.9. The van der Waals surface area contributed by atoms with E-state index in [2.05, 4.69) is 19.2 Å². The lowest BCUT2D eigenvalue weighted by molar-refractivity contribution is -0.870. The maximum atomic E-state index is 12.8. The van der Waals surface area contributed by atoms with E-state index in [1.54, 1.807) is 0 Å². The molecule has 9 heteroatoms. The van der Waals surface area contributed by atoms with Crippen LogP contribution in [0.3, 0.4) is 0 Å². The van der Waals surface area contributed by atoms with Crippen molar-refractivity contribution in [3.8, 4) is 0 Å². The van der Waals surface area contributed by atoms with Gasteiger partial charge >= 0.3 is 7.82 Å². The molecule has 0 aliphatic heterocycles. The number of carbonyl (C=O) groups excluding carboxylic acids is 1. The molecule has 3 atom stereocenters. The molecule has 0 aliphatic rings. The first-order valence-electron chi connectivity index (χ1n) is 21.4. The van der Waals surface area contributed by atoms with Crippen molar-refractivity contribution >= 4 is 13.7 Å². The molecule has 0 spiro atoms. The largest absolute Gasteiger partial charge is 0.472 e. The molecule has 8 nitrogen and oxygen atoms in total. The fourth-order valence-electron chi connectivity index (χ4n) is 6.40. The molecule has 0 bridgehead atoms. The quantitative estimate of drug-likeness (QED) is 0.0330.